The van der Waals surface area contributed by atoms with Gasteiger partial charge in [0.15, 0.2) is 17.1 Å². The molecule has 0 fully saturated rings. The van der Waals surface area contributed by atoms with Crippen LogP contribution in [0, 0.1) is 0 Å². The van der Waals surface area contributed by atoms with E-state index in [1.54, 1.807) is 30.3 Å². The molecule has 9 nitrogen and oxygen atoms in total. The van der Waals surface area contributed by atoms with Gasteiger partial charge in [-0.05, 0) is 48.0 Å². The second kappa shape index (κ2) is 7.97. The summed E-state index contributed by atoms with van der Waals surface area (Å²) in [6.07, 6.45) is 1.44. The molecule has 3 aromatic carbocycles. The van der Waals surface area contributed by atoms with Crippen LogP contribution in [0.2, 0.25) is 0 Å². The standard InChI is InChI=1S/C24H18N6O3/c25-22-20(24(33)27-15-6-2-1-3-7-15)21-23(29-17-9-5-4-8-16(17)28-21)30(22)26-13-14-10-11-18(31)19(32)12-14/h1-13,31-32H,25H2,(H,27,33)/b26-13+. The Labute approximate surface area is 187 Å². The Kier molecular flexibility index (Phi) is 4.83. The molecule has 1 amide bonds. The Bertz CT molecular complexity index is 1540. The Hall–Kier alpha value is -4.92. The molecule has 0 atom stereocenters. The fourth-order valence-corrected chi connectivity index (χ4v) is 3.45. The molecule has 0 aliphatic rings. The molecular formula is C24H18N6O3. The van der Waals surface area contributed by atoms with Gasteiger partial charge in [-0.1, -0.05) is 30.3 Å². The van der Waals surface area contributed by atoms with Gasteiger partial charge in [-0.25, -0.2) is 9.97 Å². The van der Waals surface area contributed by atoms with Gasteiger partial charge in [0.05, 0.1) is 17.2 Å². The number of benzene rings is 3. The fraction of sp³-hybridized carbons (Fsp3) is 0. The molecule has 2 aromatic heterocycles. The van der Waals surface area contributed by atoms with Crippen LogP contribution < -0.4 is 11.1 Å². The van der Waals surface area contributed by atoms with Crippen molar-refractivity contribution in [1.82, 2.24) is 14.6 Å². The van der Waals surface area contributed by atoms with E-state index in [0.29, 0.717) is 33.4 Å². The molecule has 5 rings (SSSR count). The number of phenols is 2. The zero-order valence-corrected chi connectivity index (χ0v) is 17.2. The lowest BCUT2D eigenvalue weighted by atomic mass is 10.2. The number of carbonyl (C=O) groups is 1. The van der Waals surface area contributed by atoms with Crippen molar-refractivity contribution < 1.29 is 15.0 Å². The zero-order valence-electron chi connectivity index (χ0n) is 17.2. The van der Waals surface area contributed by atoms with Crippen molar-refractivity contribution in [2.45, 2.75) is 0 Å². The van der Waals surface area contributed by atoms with Gasteiger partial charge < -0.3 is 21.3 Å². The van der Waals surface area contributed by atoms with E-state index < -0.39 is 5.91 Å². The molecule has 0 saturated carbocycles. The molecule has 0 bridgehead atoms. The highest BCUT2D eigenvalue weighted by Crippen LogP contribution is 2.29. The van der Waals surface area contributed by atoms with Crippen LogP contribution in [0.4, 0.5) is 11.5 Å². The zero-order chi connectivity index (χ0) is 22.9. The lowest BCUT2D eigenvalue weighted by Crippen LogP contribution is -2.14. The van der Waals surface area contributed by atoms with E-state index in [1.807, 2.05) is 30.3 Å². The van der Waals surface area contributed by atoms with Gasteiger partial charge in [0.25, 0.3) is 5.91 Å². The highest BCUT2D eigenvalue weighted by Gasteiger charge is 2.24. The number of aromatic nitrogens is 3. The second-order valence-electron chi connectivity index (χ2n) is 7.27. The summed E-state index contributed by atoms with van der Waals surface area (Å²) in [4.78, 5) is 22.4. The first-order valence-corrected chi connectivity index (χ1v) is 10.0. The SMILES string of the molecule is Nc1c(C(=O)Nc2ccccc2)c2nc3ccccc3nc2n1/N=C/c1ccc(O)c(O)c1. The maximum atomic E-state index is 13.2. The average molecular weight is 438 g/mol. The topological polar surface area (TPSA) is 139 Å². The number of anilines is 2. The molecule has 5 N–H and O–H groups in total. The van der Waals surface area contributed by atoms with Crippen molar-refractivity contribution in [2.24, 2.45) is 5.10 Å². The first-order chi connectivity index (χ1) is 16.0. The molecule has 5 aromatic rings. The van der Waals surface area contributed by atoms with E-state index in [-0.39, 0.29) is 22.9 Å². The number of phenolic OH excluding ortho intramolecular Hbond substituents is 2. The number of carbonyl (C=O) groups excluding carboxylic acids is 1. The summed E-state index contributed by atoms with van der Waals surface area (Å²) >= 11 is 0. The van der Waals surface area contributed by atoms with Gasteiger partial charge >= 0.3 is 0 Å². The van der Waals surface area contributed by atoms with Gasteiger partial charge in [-0.2, -0.15) is 9.78 Å². The molecule has 2 heterocycles. The molecule has 162 valence electrons. The van der Waals surface area contributed by atoms with Crippen molar-refractivity contribution in [3.8, 4) is 11.5 Å². The summed E-state index contributed by atoms with van der Waals surface area (Å²) in [5.41, 5.74) is 9.50. The van der Waals surface area contributed by atoms with Crippen molar-refractivity contribution in [3.63, 3.8) is 0 Å². The normalized spacial score (nSPS) is 11.4. The summed E-state index contributed by atoms with van der Waals surface area (Å²) in [5, 5.41) is 26.5. The van der Waals surface area contributed by atoms with Gasteiger partial charge in [-0.3, -0.25) is 4.79 Å². The number of fused-ring (bicyclic) bond motifs is 2. The molecule has 33 heavy (non-hydrogen) atoms. The first-order valence-electron chi connectivity index (χ1n) is 10.0. The lowest BCUT2D eigenvalue weighted by molar-refractivity contribution is 0.102. The Morgan fingerprint density at radius 2 is 1.64 bits per heavy atom. The molecule has 0 radical (unpaired) electrons. The van der Waals surface area contributed by atoms with Crippen LogP contribution in [0.25, 0.3) is 22.2 Å². The average Bonchev–Trinajstić information content (AvgIpc) is 3.09. The highest BCUT2D eigenvalue weighted by atomic mass is 16.3. The molecule has 0 unspecified atom stereocenters. The summed E-state index contributed by atoms with van der Waals surface area (Å²) in [6, 6.07) is 20.6. The van der Waals surface area contributed by atoms with Crippen molar-refractivity contribution in [3.05, 3.63) is 83.9 Å². The molecule has 0 aliphatic carbocycles. The van der Waals surface area contributed by atoms with Crippen LogP contribution in [-0.2, 0) is 0 Å². The highest BCUT2D eigenvalue weighted by molar-refractivity contribution is 6.16. The summed E-state index contributed by atoms with van der Waals surface area (Å²) in [7, 11) is 0. The van der Waals surface area contributed by atoms with Crippen LogP contribution in [0.1, 0.15) is 15.9 Å². The number of nitrogen functional groups attached to an aromatic ring is 1. The number of nitrogens with zero attached hydrogens (tertiary/aromatic N) is 4. The van der Waals surface area contributed by atoms with E-state index in [1.165, 1.54) is 23.0 Å². The number of para-hydroxylation sites is 3. The largest absolute Gasteiger partial charge is 0.504 e. The molecule has 0 aliphatic heterocycles. The third kappa shape index (κ3) is 3.68. The quantitative estimate of drug-likeness (QED) is 0.249. The number of amides is 1. The van der Waals surface area contributed by atoms with Crippen molar-refractivity contribution in [2.75, 3.05) is 11.1 Å². The van der Waals surface area contributed by atoms with E-state index in [9.17, 15) is 15.0 Å². The van der Waals surface area contributed by atoms with E-state index in [2.05, 4.69) is 20.4 Å². The molecule has 0 spiro atoms. The van der Waals surface area contributed by atoms with Gasteiger partial charge in [0, 0.05) is 5.69 Å². The smallest absolute Gasteiger partial charge is 0.261 e. The Morgan fingerprint density at radius 3 is 2.36 bits per heavy atom. The number of rotatable bonds is 4. The van der Waals surface area contributed by atoms with Crippen molar-refractivity contribution in [1.29, 1.82) is 0 Å². The number of aromatic hydroxyl groups is 2. The third-order valence-electron chi connectivity index (χ3n) is 5.05. The number of hydrogen-bond donors (Lipinski definition) is 4. The first kappa shape index (κ1) is 20.0. The predicted molar refractivity (Wildman–Crippen MR) is 127 cm³/mol. The maximum absolute atomic E-state index is 13.2. The van der Waals surface area contributed by atoms with E-state index in [4.69, 9.17) is 5.73 Å². The van der Waals surface area contributed by atoms with Gasteiger partial charge in [0.2, 0.25) is 0 Å². The molecule has 0 saturated heterocycles. The maximum Gasteiger partial charge on any atom is 0.261 e. The van der Waals surface area contributed by atoms with Gasteiger partial charge in [-0.15, -0.1) is 0 Å². The van der Waals surface area contributed by atoms with Gasteiger partial charge in [0.1, 0.15) is 16.9 Å². The van der Waals surface area contributed by atoms with Crippen LogP contribution in [0.5, 0.6) is 11.5 Å². The van der Waals surface area contributed by atoms with Crippen LogP contribution in [0.15, 0.2) is 77.9 Å². The van der Waals surface area contributed by atoms with Crippen LogP contribution in [-0.4, -0.2) is 37.0 Å². The minimum absolute atomic E-state index is 0.0630. The Balaban J connectivity index is 1.67. The van der Waals surface area contributed by atoms with E-state index >= 15 is 0 Å². The molecular weight excluding hydrogens is 420 g/mol. The number of hydrogen-bond acceptors (Lipinski definition) is 7. The Morgan fingerprint density at radius 1 is 0.939 bits per heavy atom. The van der Waals surface area contributed by atoms with Crippen LogP contribution >= 0.6 is 0 Å². The minimum Gasteiger partial charge on any atom is -0.504 e. The summed E-state index contributed by atoms with van der Waals surface area (Å²) in [6.45, 7) is 0. The summed E-state index contributed by atoms with van der Waals surface area (Å²) in [5.74, 6) is -0.897. The lowest BCUT2D eigenvalue weighted by Gasteiger charge is -2.05. The number of nitrogens with one attached hydrogen (secondary N) is 1. The van der Waals surface area contributed by atoms with Crippen molar-refractivity contribution >= 4 is 45.8 Å². The van der Waals surface area contributed by atoms with Crippen LogP contribution in [0.3, 0.4) is 0 Å². The molecule has 9 heteroatoms. The third-order valence-corrected chi connectivity index (χ3v) is 5.05. The van der Waals surface area contributed by atoms with E-state index in [0.717, 1.165) is 0 Å². The summed E-state index contributed by atoms with van der Waals surface area (Å²) < 4.78 is 1.33. The minimum atomic E-state index is -0.440. The number of nitrogens with two attached hydrogens (primary N) is 1. The predicted octanol–water partition coefficient (Wildman–Crippen LogP) is 3.71. The monoisotopic (exact) mass is 438 g/mol. The second-order valence-corrected chi connectivity index (χ2v) is 7.27. The fourth-order valence-electron chi connectivity index (χ4n) is 3.45.